The third kappa shape index (κ3) is 6.33. The molecule has 0 aromatic carbocycles. The van der Waals surface area contributed by atoms with Crippen molar-refractivity contribution in [3.8, 4) is 0 Å². The van der Waals surface area contributed by atoms with Crippen LogP contribution in [-0.2, 0) is 33.4 Å². The largest absolute Gasteiger partial charge is 0.463 e. The molecule has 0 saturated carbocycles. The second-order valence-electron chi connectivity index (χ2n) is 7.76. The normalized spacial score (nSPS) is 21.7. The molecular formula is C20H27N7O8. The van der Waals surface area contributed by atoms with Crippen LogP contribution in [0.5, 0.6) is 0 Å². The molecule has 0 spiro atoms. The number of nitrogens with two attached hydrogens (primary N) is 3. The van der Waals surface area contributed by atoms with Gasteiger partial charge in [-0.2, -0.15) is 0 Å². The van der Waals surface area contributed by atoms with Crippen molar-refractivity contribution < 1.29 is 38.5 Å². The van der Waals surface area contributed by atoms with Crippen LogP contribution in [0.1, 0.15) is 31.9 Å². The first-order valence-corrected chi connectivity index (χ1v) is 10.8. The summed E-state index contributed by atoms with van der Waals surface area (Å²) in [5, 5.41) is 10.8. The van der Waals surface area contributed by atoms with Gasteiger partial charge in [-0.05, 0) is 0 Å². The Kier molecular flexibility index (Phi) is 8.75. The van der Waals surface area contributed by atoms with Gasteiger partial charge < -0.3 is 36.5 Å². The molecule has 0 unspecified atom stereocenters. The summed E-state index contributed by atoms with van der Waals surface area (Å²) in [7, 11) is 0. The number of hydrogen-bond donors (Lipinski definition) is 4. The maximum Gasteiger partial charge on any atom is 0.306 e. The number of aromatic nitrogens is 4. The van der Waals surface area contributed by atoms with Gasteiger partial charge in [-0.25, -0.2) is 15.0 Å². The van der Waals surface area contributed by atoms with Gasteiger partial charge in [-0.15, -0.1) is 0 Å². The van der Waals surface area contributed by atoms with Gasteiger partial charge in [-0.3, -0.25) is 23.7 Å². The highest BCUT2D eigenvalue weighted by molar-refractivity contribution is 5.85. The van der Waals surface area contributed by atoms with Gasteiger partial charge in [0.05, 0.1) is 32.3 Å². The number of carbonyl (C=O) groups is 4. The average molecular weight is 493 g/mol. The second-order valence-corrected chi connectivity index (χ2v) is 7.76. The molecule has 1 aliphatic rings. The number of carbonyl (C=O) groups excluding carboxylic acids is 4. The lowest BCUT2D eigenvalue weighted by atomic mass is 10.1. The molecule has 1 aliphatic heterocycles. The maximum atomic E-state index is 12.4. The van der Waals surface area contributed by atoms with Gasteiger partial charge in [0, 0.05) is 12.8 Å². The SMILES string of the molecule is NCC(=O)CCC(=O)OC[C@H]1O[C@@H](n2cnc3c(N)ncnc32)[C@H](OC(=O)CCC(=O)CN)[C@@H]1O. The number of nitrogen functional groups attached to an aromatic ring is 1. The zero-order chi connectivity index (χ0) is 25.5. The molecule has 15 heteroatoms. The summed E-state index contributed by atoms with van der Waals surface area (Å²) in [4.78, 5) is 59.2. The number of Topliss-reactive ketones (excluding diaryl/α,β-unsaturated/α-hetero) is 2. The van der Waals surface area contributed by atoms with Crippen molar-refractivity contribution in [2.24, 2.45) is 11.5 Å². The first-order valence-electron chi connectivity index (χ1n) is 10.8. The Morgan fingerprint density at radius 2 is 1.66 bits per heavy atom. The zero-order valence-corrected chi connectivity index (χ0v) is 18.7. The van der Waals surface area contributed by atoms with Crippen LogP contribution in [0.15, 0.2) is 12.7 Å². The third-order valence-electron chi connectivity index (χ3n) is 5.32. The van der Waals surface area contributed by atoms with Crippen LogP contribution in [0.2, 0.25) is 0 Å². The van der Waals surface area contributed by atoms with Crippen molar-refractivity contribution in [3.05, 3.63) is 12.7 Å². The van der Waals surface area contributed by atoms with Crippen LogP contribution in [0.25, 0.3) is 11.2 Å². The van der Waals surface area contributed by atoms with Gasteiger partial charge in [0.1, 0.15) is 42.2 Å². The second kappa shape index (κ2) is 11.7. The molecule has 0 bridgehead atoms. The van der Waals surface area contributed by atoms with E-state index in [0.717, 1.165) is 0 Å². The fourth-order valence-corrected chi connectivity index (χ4v) is 3.41. The Hall–Kier alpha value is -3.53. The predicted molar refractivity (Wildman–Crippen MR) is 117 cm³/mol. The van der Waals surface area contributed by atoms with Crippen LogP contribution >= 0.6 is 0 Å². The van der Waals surface area contributed by atoms with Crippen molar-refractivity contribution in [1.29, 1.82) is 0 Å². The highest BCUT2D eigenvalue weighted by Gasteiger charge is 2.48. The summed E-state index contributed by atoms with van der Waals surface area (Å²) in [5.74, 6) is -1.96. The molecule has 15 nitrogen and oxygen atoms in total. The first kappa shape index (κ1) is 26.1. The number of aliphatic hydroxyl groups excluding tert-OH is 1. The number of fused-ring (bicyclic) bond motifs is 1. The smallest absolute Gasteiger partial charge is 0.306 e. The van der Waals surface area contributed by atoms with E-state index in [9.17, 15) is 24.3 Å². The third-order valence-corrected chi connectivity index (χ3v) is 5.32. The van der Waals surface area contributed by atoms with E-state index in [4.69, 9.17) is 31.4 Å². The molecule has 1 fully saturated rings. The Labute approximate surface area is 198 Å². The molecular weight excluding hydrogens is 466 g/mol. The summed E-state index contributed by atoms with van der Waals surface area (Å²) >= 11 is 0. The Bertz CT molecular complexity index is 1090. The number of hydrogen-bond acceptors (Lipinski definition) is 14. The molecule has 2 aromatic heterocycles. The Morgan fingerprint density at radius 3 is 2.31 bits per heavy atom. The lowest BCUT2D eigenvalue weighted by molar-refractivity contribution is -0.159. The Morgan fingerprint density at radius 1 is 1.00 bits per heavy atom. The van der Waals surface area contributed by atoms with E-state index in [1.54, 1.807) is 0 Å². The number of ether oxygens (including phenoxy) is 3. The number of ketones is 2. The maximum absolute atomic E-state index is 12.4. The molecule has 7 N–H and O–H groups in total. The summed E-state index contributed by atoms with van der Waals surface area (Å²) in [6.45, 7) is -0.773. The first-order chi connectivity index (χ1) is 16.7. The fourth-order valence-electron chi connectivity index (χ4n) is 3.41. The van der Waals surface area contributed by atoms with Crippen LogP contribution in [0.4, 0.5) is 5.82 Å². The lowest BCUT2D eigenvalue weighted by Crippen LogP contribution is -2.37. The van der Waals surface area contributed by atoms with E-state index in [2.05, 4.69) is 15.0 Å². The number of aliphatic hydroxyl groups is 1. The minimum Gasteiger partial charge on any atom is -0.463 e. The van der Waals surface area contributed by atoms with E-state index < -0.39 is 36.5 Å². The minimum atomic E-state index is -1.41. The van der Waals surface area contributed by atoms with Crippen molar-refractivity contribution in [2.75, 3.05) is 25.4 Å². The average Bonchev–Trinajstić information content (AvgIpc) is 3.41. The molecule has 2 aromatic rings. The predicted octanol–water partition coefficient (Wildman–Crippen LogP) is -2.26. The molecule has 4 atom stereocenters. The van der Waals surface area contributed by atoms with Crippen molar-refractivity contribution in [1.82, 2.24) is 19.5 Å². The lowest BCUT2D eigenvalue weighted by Gasteiger charge is -2.21. The highest BCUT2D eigenvalue weighted by Crippen LogP contribution is 2.34. The van der Waals surface area contributed by atoms with Gasteiger partial charge in [0.2, 0.25) is 0 Å². The number of imidazole rings is 1. The number of rotatable bonds is 12. The van der Waals surface area contributed by atoms with E-state index in [-0.39, 0.29) is 73.9 Å². The summed E-state index contributed by atoms with van der Waals surface area (Å²) < 4.78 is 17.8. The zero-order valence-electron chi connectivity index (χ0n) is 18.7. The highest BCUT2D eigenvalue weighted by atomic mass is 16.6. The van der Waals surface area contributed by atoms with Gasteiger partial charge in [0.15, 0.2) is 23.8 Å². The van der Waals surface area contributed by atoms with Crippen LogP contribution < -0.4 is 17.2 Å². The van der Waals surface area contributed by atoms with Crippen LogP contribution in [0.3, 0.4) is 0 Å². The molecule has 0 aliphatic carbocycles. The minimum absolute atomic E-state index is 0.0735. The van der Waals surface area contributed by atoms with E-state index >= 15 is 0 Å². The van der Waals surface area contributed by atoms with Crippen molar-refractivity contribution in [3.63, 3.8) is 0 Å². The topological polar surface area (TPSA) is 238 Å². The quantitative estimate of drug-likeness (QED) is 0.228. The molecule has 35 heavy (non-hydrogen) atoms. The fraction of sp³-hybridized carbons (Fsp3) is 0.550. The van der Waals surface area contributed by atoms with E-state index in [1.807, 2.05) is 0 Å². The number of esters is 2. The molecule has 0 amide bonds. The molecule has 3 rings (SSSR count). The van der Waals surface area contributed by atoms with Crippen molar-refractivity contribution >= 4 is 40.5 Å². The molecule has 190 valence electrons. The summed E-state index contributed by atoms with van der Waals surface area (Å²) in [5.41, 5.74) is 16.8. The molecule has 1 saturated heterocycles. The van der Waals surface area contributed by atoms with Gasteiger partial charge >= 0.3 is 11.9 Å². The standard InChI is InChI=1S/C20H27N7O8/c21-5-10(28)1-3-13(30)33-7-12-16(32)17(35-14(31)4-2-11(29)6-22)20(34-12)27-9-26-15-18(23)24-8-25-19(15)27/h8-9,12,16-17,20,32H,1-7,21-22H2,(H2,23,24,25)/t12-,16-,17-,20-/m1/s1. The summed E-state index contributed by atoms with van der Waals surface area (Å²) in [6, 6.07) is 0. The molecule has 3 heterocycles. The number of anilines is 1. The Balaban J connectivity index is 1.76. The van der Waals surface area contributed by atoms with Crippen LogP contribution in [-0.4, -0.2) is 86.1 Å². The van der Waals surface area contributed by atoms with E-state index in [0.29, 0.717) is 0 Å². The van der Waals surface area contributed by atoms with E-state index in [1.165, 1.54) is 17.2 Å². The number of nitrogens with zero attached hydrogens (tertiary/aromatic N) is 4. The van der Waals surface area contributed by atoms with Gasteiger partial charge in [0.25, 0.3) is 0 Å². The van der Waals surface area contributed by atoms with Crippen LogP contribution in [0, 0.1) is 0 Å². The molecule has 0 radical (unpaired) electrons. The van der Waals surface area contributed by atoms with Gasteiger partial charge in [-0.1, -0.05) is 0 Å². The summed E-state index contributed by atoms with van der Waals surface area (Å²) in [6.07, 6.45) is -2.95. The monoisotopic (exact) mass is 493 g/mol. The van der Waals surface area contributed by atoms with Crippen molar-refractivity contribution in [2.45, 2.75) is 50.2 Å².